The summed E-state index contributed by atoms with van der Waals surface area (Å²) in [5, 5.41) is 2.52. The number of hydrogen-bond acceptors (Lipinski definition) is 4. The van der Waals surface area contributed by atoms with Crippen LogP contribution >= 0.6 is 0 Å². The van der Waals surface area contributed by atoms with Gasteiger partial charge in [-0.15, -0.1) is 0 Å². The van der Waals surface area contributed by atoms with Crippen molar-refractivity contribution in [3.8, 4) is 11.5 Å². The summed E-state index contributed by atoms with van der Waals surface area (Å²) in [5.41, 5.74) is 5.93. The Balaban J connectivity index is 3.55. The molecule has 0 heterocycles. The van der Waals surface area contributed by atoms with E-state index < -0.39 is 6.09 Å². The first-order valence-electron chi connectivity index (χ1n) is 6.12. The predicted molar refractivity (Wildman–Crippen MR) is 75.3 cm³/mol. The maximum atomic E-state index is 11.9. The smallest absolute Gasteiger partial charge is 0.410 e. The number of amides is 2. The van der Waals surface area contributed by atoms with Crippen LogP contribution in [0.5, 0.6) is 11.5 Å². The second kappa shape index (κ2) is 5.81. The average Bonchev–Trinajstić information content (AvgIpc) is 2.35. The minimum absolute atomic E-state index is 0.131. The van der Waals surface area contributed by atoms with Crippen molar-refractivity contribution in [2.24, 2.45) is 5.73 Å². The van der Waals surface area contributed by atoms with Gasteiger partial charge in [-0.3, -0.25) is 4.79 Å². The van der Waals surface area contributed by atoms with Gasteiger partial charge in [-0.2, -0.15) is 0 Å². The predicted octanol–water partition coefficient (Wildman–Crippen LogP) is 1.81. The van der Waals surface area contributed by atoms with E-state index in [0.717, 1.165) is 5.56 Å². The zero-order valence-corrected chi connectivity index (χ0v) is 12.4. The molecule has 20 heavy (non-hydrogen) atoms. The first-order valence-corrected chi connectivity index (χ1v) is 6.12. The van der Waals surface area contributed by atoms with Crippen LogP contribution in [0.15, 0.2) is 12.1 Å². The zero-order chi connectivity index (χ0) is 15.5. The maximum absolute atomic E-state index is 11.9. The molecule has 0 saturated carbocycles. The fourth-order valence-corrected chi connectivity index (χ4v) is 1.73. The highest BCUT2D eigenvalue weighted by Crippen LogP contribution is 2.36. The molecule has 0 aliphatic heterocycles. The number of carbonyl (C=O) groups is 2. The molecule has 0 unspecified atom stereocenters. The highest BCUT2D eigenvalue weighted by Gasteiger charge is 2.24. The third-order valence-corrected chi connectivity index (χ3v) is 2.81. The first-order chi connectivity index (χ1) is 9.20. The molecule has 6 nitrogen and oxygen atoms in total. The molecule has 0 fully saturated rings. The molecule has 0 aliphatic rings. The molecule has 0 radical (unpaired) electrons. The molecular formula is C14H20N2O4. The van der Waals surface area contributed by atoms with Crippen LogP contribution in [-0.2, 0) is 5.41 Å². The summed E-state index contributed by atoms with van der Waals surface area (Å²) >= 11 is 0. The summed E-state index contributed by atoms with van der Waals surface area (Å²) in [6.45, 7) is 5.95. The molecule has 0 atom stereocenters. The molecule has 6 heteroatoms. The van der Waals surface area contributed by atoms with E-state index in [2.05, 4.69) is 5.32 Å². The Morgan fingerprint density at radius 2 is 1.85 bits per heavy atom. The van der Waals surface area contributed by atoms with E-state index >= 15 is 0 Å². The van der Waals surface area contributed by atoms with Crippen LogP contribution in [0.3, 0.4) is 0 Å². The van der Waals surface area contributed by atoms with Gasteiger partial charge < -0.3 is 20.5 Å². The second-order valence-corrected chi connectivity index (χ2v) is 5.31. The lowest BCUT2D eigenvalue weighted by Crippen LogP contribution is -2.22. The number of nitrogens with two attached hydrogens (primary N) is 1. The topological polar surface area (TPSA) is 90.6 Å². The fraction of sp³-hybridized carbons (Fsp3) is 0.429. The van der Waals surface area contributed by atoms with Crippen LogP contribution < -0.4 is 20.5 Å². The lowest BCUT2D eigenvalue weighted by Gasteiger charge is -2.22. The average molecular weight is 280 g/mol. The standard InChI is InChI=1S/C14H20N2O4/c1-14(2,3)8-6-9(12(17)16-4)11(19-5)10(7-8)20-13(15)18/h6-7H,1-5H3,(H2,15,18)(H,16,17). The van der Waals surface area contributed by atoms with Crippen molar-refractivity contribution in [3.05, 3.63) is 23.3 Å². The molecule has 1 aromatic carbocycles. The third-order valence-electron chi connectivity index (χ3n) is 2.81. The molecule has 3 N–H and O–H groups in total. The first kappa shape index (κ1) is 15.8. The van der Waals surface area contributed by atoms with Gasteiger partial charge in [-0.05, 0) is 23.1 Å². The molecule has 0 saturated heterocycles. The Labute approximate surface area is 118 Å². The minimum atomic E-state index is -0.961. The van der Waals surface area contributed by atoms with E-state index in [0.29, 0.717) is 5.56 Å². The number of hydrogen-bond donors (Lipinski definition) is 2. The van der Waals surface area contributed by atoms with E-state index in [-0.39, 0.29) is 22.8 Å². The van der Waals surface area contributed by atoms with Crippen molar-refractivity contribution in [2.45, 2.75) is 26.2 Å². The molecular weight excluding hydrogens is 260 g/mol. The molecule has 0 aliphatic carbocycles. The van der Waals surface area contributed by atoms with Gasteiger partial charge >= 0.3 is 6.09 Å². The second-order valence-electron chi connectivity index (χ2n) is 5.31. The van der Waals surface area contributed by atoms with Gasteiger partial charge in [0.15, 0.2) is 11.5 Å². The van der Waals surface area contributed by atoms with Gasteiger partial charge in [0, 0.05) is 7.05 Å². The molecule has 1 rings (SSSR count). The van der Waals surface area contributed by atoms with E-state index in [1.165, 1.54) is 14.2 Å². The van der Waals surface area contributed by atoms with Crippen molar-refractivity contribution >= 4 is 12.0 Å². The van der Waals surface area contributed by atoms with Gasteiger partial charge in [-0.1, -0.05) is 20.8 Å². The maximum Gasteiger partial charge on any atom is 0.410 e. The summed E-state index contributed by atoms with van der Waals surface area (Å²) in [6, 6.07) is 3.36. The number of carbonyl (C=O) groups excluding carboxylic acids is 2. The lowest BCUT2D eigenvalue weighted by molar-refractivity contribution is 0.0959. The summed E-state index contributed by atoms with van der Waals surface area (Å²) in [6.07, 6.45) is -0.961. The van der Waals surface area contributed by atoms with Gasteiger partial charge in [0.2, 0.25) is 0 Å². The summed E-state index contributed by atoms with van der Waals surface area (Å²) < 4.78 is 10.1. The quantitative estimate of drug-likeness (QED) is 0.883. The summed E-state index contributed by atoms with van der Waals surface area (Å²) in [7, 11) is 2.91. The van der Waals surface area contributed by atoms with Gasteiger partial charge in [0.25, 0.3) is 5.91 Å². The Morgan fingerprint density at radius 3 is 2.25 bits per heavy atom. The summed E-state index contributed by atoms with van der Waals surface area (Å²) in [5.74, 6) is -0.0237. The van der Waals surface area contributed by atoms with E-state index in [1.807, 2.05) is 20.8 Å². The van der Waals surface area contributed by atoms with E-state index in [9.17, 15) is 9.59 Å². The zero-order valence-electron chi connectivity index (χ0n) is 12.4. The van der Waals surface area contributed by atoms with Crippen LogP contribution in [0.1, 0.15) is 36.7 Å². The SMILES string of the molecule is CNC(=O)c1cc(C(C)(C)C)cc(OC(N)=O)c1OC. The molecule has 0 bridgehead atoms. The van der Waals surface area contributed by atoms with Crippen LogP contribution in [0.2, 0.25) is 0 Å². The number of primary amides is 1. The molecule has 0 aromatic heterocycles. The van der Waals surface area contributed by atoms with E-state index in [1.54, 1.807) is 12.1 Å². The van der Waals surface area contributed by atoms with Crippen LogP contribution in [-0.4, -0.2) is 26.2 Å². The van der Waals surface area contributed by atoms with Gasteiger partial charge in [-0.25, -0.2) is 4.79 Å². The Bertz CT molecular complexity index is 533. The Kier molecular flexibility index (Phi) is 4.60. The van der Waals surface area contributed by atoms with Gasteiger partial charge in [0.1, 0.15) is 0 Å². The third kappa shape index (κ3) is 3.40. The molecule has 0 spiro atoms. The number of ether oxygens (including phenoxy) is 2. The number of methoxy groups -OCH3 is 1. The highest BCUT2D eigenvalue weighted by molar-refractivity contribution is 5.98. The number of benzene rings is 1. The molecule has 2 amide bonds. The Morgan fingerprint density at radius 1 is 1.25 bits per heavy atom. The largest absolute Gasteiger partial charge is 0.492 e. The minimum Gasteiger partial charge on any atom is -0.492 e. The van der Waals surface area contributed by atoms with Crippen LogP contribution in [0, 0.1) is 0 Å². The highest BCUT2D eigenvalue weighted by atomic mass is 16.6. The van der Waals surface area contributed by atoms with Crippen molar-refractivity contribution in [3.63, 3.8) is 0 Å². The normalized spacial score (nSPS) is 10.8. The van der Waals surface area contributed by atoms with Crippen molar-refractivity contribution in [2.75, 3.05) is 14.2 Å². The van der Waals surface area contributed by atoms with Crippen LogP contribution in [0.4, 0.5) is 4.79 Å². The molecule has 110 valence electrons. The number of rotatable bonds is 3. The lowest BCUT2D eigenvalue weighted by atomic mass is 9.85. The van der Waals surface area contributed by atoms with Crippen molar-refractivity contribution < 1.29 is 19.1 Å². The van der Waals surface area contributed by atoms with E-state index in [4.69, 9.17) is 15.2 Å². The molecule has 1 aromatic rings. The monoisotopic (exact) mass is 280 g/mol. The summed E-state index contributed by atoms with van der Waals surface area (Å²) in [4.78, 5) is 22.9. The van der Waals surface area contributed by atoms with Crippen LogP contribution in [0.25, 0.3) is 0 Å². The van der Waals surface area contributed by atoms with Crippen molar-refractivity contribution in [1.82, 2.24) is 5.32 Å². The number of nitrogens with one attached hydrogen (secondary N) is 1. The fourth-order valence-electron chi connectivity index (χ4n) is 1.73. The Hall–Kier alpha value is -2.24. The van der Waals surface area contributed by atoms with Gasteiger partial charge in [0.05, 0.1) is 12.7 Å². The van der Waals surface area contributed by atoms with Crippen molar-refractivity contribution in [1.29, 1.82) is 0 Å².